The Balaban J connectivity index is 1.91. The minimum Gasteiger partial charge on any atom is -0.388 e. The Morgan fingerprint density at radius 2 is 2.00 bits per heavy atom. The van der Waals surface area contributed by atoms with E-state index in [0.29, 0.717) is 38.5 Å². The number of carbonyl (C=O) groups is 1. The van der Waals surface area contributed by atoms with Crippen LogP contribution < -0.4 is 5.73 Å². The Morgan fingerprint density at radius 3 is 2.60 bits per heavy atom. The van der Waals surface area contributed by atoms with Gasteiger partial charge in [0.2, 0.25) is 5.91 Å². The number of ether oxygens (including phenoxy) is 1. The highest BCUT2D eigenvalue weighted by molar-refractivity contribution is 5.78. The number of nitrogens with zero attached hydrogens (tertiary/aromatic N) is 1. The monoisotopic (exact) mass is 284 g/mol. The fraction of sp³-hybridized carbons (Fsp3) is 0.933. The van der Waals surface area contributed by atoms with Gasteiger partial charge in [0.1, 0.15) is 0 Å². The minimum atomic E-state index is -0.787. The van der Waals surface area contributed by atoms with Crippen LogP contribution in [0.15, 0.2) is 0 Å². The van der Waals surface area contributed by atoms with Gasteiger partial charge in [0, 0.05) is 51.6 Å². The zero-order valence-electron chi connectivity index (χ0n) is 12.7. The maximum atomic E-state index is 12.5. The second-order valence-corrected chi connectivity index (χ2v) is 6.80. The van der Waals surface area contributed by atoms with Gasteiger partial charge in [-0.1, -0.05) is 6.92 Å². The third-order valence-electron chi connectivity index (χ3n) is 4.66. The number of carbonyl (C=O) groups excluding carboxylic acids is 1. The van der Waals surface area contributed by atoms with E-state index in [1.165, 1.54) is 0 Å². The molecule has 5 heteroatoms. The third-order valence-corrected chi connectivity index (χ3v) is 4.66. The molecule has 1 amide bonds. The van der Waals surface area contributed by atoms with Gasteiger partial charge >= 0.3 is 0 Å². The quantitative estimate of drug-likeness (QED) is 0.802. The molecular weight excluding hydrogens is 256 g/mol. The van der Waals surface area contributed by atoms with Gasteiger partial charge in [0.15, 0.2) is 0 Å². The maximum Gasteiger partial charge on any atom is 0.225 e. The summed E-state index contributed by atoms with van der Waals surface area (Å²) < 4.78 is 5.27. The molecule has 1 heterocycles. The summed E-state index contributed by atoms with van der Waals surface area (Å²) in [4.78, 5) is 14.2. The van der Waals surface area contributed by atoms with E-state index in [9.17, 15) is 9.90 Å². The van der Waals surface area contributed by atoms with Crippen LogP contribution in [-0.2, 0) is 9.53 Å². The minimum absolute atomic E-state index is 0.0159. The van der Waals surface area contributed by atoms with Crippen LogP contribution >= 0.6 is 0 Å². The van der Waals surface area contributed by atoms with Gasteiger partial charge < -0.3 is 20.5 Å². The van der Waals surface area contributed by atoms with E-state index in [1.807, 2.05) is 0 Å². The molecule has 3 atom stereocenters. The summed E-state index contributed by atoms with van der Waals surface area (Å²) in [6.07, 6.45) is 3.90. The molecule has 2 fully saturated rings. The molecular formula is C15H28N2O3. The molecule has 1 aliphatic heterocycles. The predicted molar refractivity (Wildman–Crippen MR) is 77.1 cm³/mol. The highest BCUT2D eigenvalue weighted by Gasteiger charge is 2.36. The lowest BCUT2D eigenvalue weighted by Gasteiger charge is -2.38. The Labute approximate surface area is 121 Å². The van der Waals surface area contributed by atoms with Crippen molar-refractivity contribution in [2.24, 2.45) is 17.6 Å². The first kappa shape index (κ1) is 15.7. The fourth-order valence-electron chi connectivity index (χ4n) is 3.60. The van der Waals surface area contributed by atoms with Gasteiger partial charge in [-0.2, -0.15) is 0 Å². The predicted octanol–water partition coefficient (Wildman–Crippen LogP) is 0.750. The largest absolute Gasteiger partial charge is 0.388 e. The van der Waals surface area contributed by atoms with Crippen molar-refractivity contribution in [2.75, 3.05) is 26.8 Å². The summed E-state index contributed by atoms with van der Waals surface area (Å²) in [5, 5.41) is 10.5. The molecule has 3 unspecified atom stereocenters. The Hall–Kier alpha value is -0.650. The number of hydrogen-bond acceptors (Lipinski definition) is 4. The Morgan fingerprint density at radius 1 is 1.35 bits per heavy atom. The van der Waals surface area contributed by atoms with E-state index in [-0.39, 0.29) is 17.9 Å². The van der Waals surface area contributed by atoms with E-state index in [1.54, 1.807) is 11.9 Å². The van der Waals surface area contributed by atoms with Crippen molar-refractivity contribution in [3.05, 3.63) is 0 Å². The van der Waals surface area contributed by atoms with Crippen LogP contribution in [0.5, 0.6) is 0 Å². The number of nitrogens with two attached hydrogens (primary N) is 1. The van der Waals surface area contributed by atoms with E-state index in [2.05, 4.69) is 6.92 Å². The molecule has 0 aromatic heterocycles. The third kappa shape index (κ3) is 3.93. The van der Waals surface area contributed by atoms with Crippen LogP contribution in [0.3, 0.4) is 0 Å². The van der Waals surface area contributed by atoms with E-state index in [4.69, 9.17) is 10.5 Å². The number of aliphatic hydroxyl groups is 1. The Kier molecular flexibility index (Phi) is 5.04. The zero-order valence-corrected chi connectivity index (χ0v) is 12.7. The van der Waals surface area contributed by atoms with E-state index >= 15 is 0 Å². The Bertz CT molecular complexity index is 332. The highest BCUT2D eigenvalue weighted by Crippen LogP contribution is 2.30. The molecule has 1 saturated carbocycles. The van der Waals surface area contributed by atoms with Crippen molar-refractivity contribution in [3.8, 4) is 0 Å². The van der Waals surface area contributed by atoms with Crippen molar-refractivity contribution in [3.63, 3.8) is 0 Å². The SMILES string of the molecule is CC1CC(N)CC(C(=O)N(C)CC2(O)CCOCC2)C1. The van der Waals surface area contributed by atoms with Crippen LogP contribution in [0, 0.1) is 11.8 Å². The van der Waals surface area contributed by atoms with Crippen LogP contribution in [0.25, 0.3) is 0 Å². The summed E-state index contributed by atoms with van der Waals surface area (Å²) in [5.74, 6) is 0.654. The molecule has 0 radical (unpaired) electrons. The van der Waals surface area contributed by atoms with Gasteiger partial charge in [-0.15, -0.1) is 0 Å². The molecule has 0 spiro atoms. The van der Waals surface area contributed by atoms with Gasteiger partial charge in [-0.05, 0) is 25.2 Å². The van der Waals surface area contributed by atoms with Crippen molar-refractivity contribution in [1.82, 2.24) is 4.90 Å². The summed E-state index contributed by atoms with van der Waals surface area (Å²) in [6, 6.07) is 0.132. The van der Waals surface area contributed by atoms with Crippen LogP contribution in [0.4, 0.5) is 0 Å². The molecule has 20 heavy (non-hydrogen) atoms. The summed E-state index contributed by atoms with van der Waals surface area (Å²) in [6.45, 7) is 3.70. The number of hydrogen-bond donors (Lipinski definition) is 2. The second kappa shape index (κ2) is 6.41. The van der Waals surface area contributed by atoms with Gasteiger partial charge in [-0.25, -0.2) is 0 Å². The van der Waals surface area contributed by atoms with Crippen LogP contribution in [0.2, 0.25) is 0 Å². The smallest absolute Gasteiger partial charge is 0.225 e. The van der Waals surface area contributed by atoms with Crippen molar-refractivity contribution in [1.29, 1.82) is 0 Å². The maximum absolute atomic E-state index is 12.5. The average Bonchev–Trinajstić information content (AvgIpc) is 2.37. The topological polar surface area (TPSA) is 75.8 Å². The van der Waals surface area contributed by atoms with E-state index < -0.39 is 5.60 Å². The first-order chi connectivity index (χ1) is 9.39. The molecule has 5 nitrogen and oxygen atoms in total. The first-order valence-corrected chi connectivity index (χ1v) is 7.70. The van der Waals surface area contributed by atoms with Crippen molar-refractivity contribution < 1.29 is 14.6 Å². The van der Waals surface area contributed by atoms with Crippen molar-refractivity contribution in [2.45, 2.75) is 50.7 Å². The zero-order chi connectivity index (χ0) is 14.8. The molecule has 2 rings (SSSR count). The summed E-state index contributed by atoms with van der Waals surface area (Å²) >= 11 is 0. The van der Waals surface area contributed by atoms with Gasteiger partial charge in [0.25, 0.3) is 0 Å². The molecule has 1 aliphatic carbocycles. The van der Waals surface area contributed by atoms with Gasteiger partial charge in [0.05, 0.1) is 5.60 Å². The van der Waals surface area contributed by atoms with Crippen molar-refractivity contribution >= 4 is 5.91 Å². The van der Waals surface area contributed by atoms with Crippen LogP contribution in [-0.4, -0.2) is 54.4 Å². The lowest BCUT2D eigenvalue weighted by molar-refractivity contribution is -0.142. The number of rotatable bonds is 3. The normalized spacial score (nSPS) is 33.7. The molecule has 1 saturated heterocycles. The molecule has 116 valence electrons. The molecule has 0 aromatic rings. The summed E-state index contributed by atoms with van der Waals surface area (Å²) in [7, 11) is 1.79. The molecule has 0 aromatic carbocycles. The average molecular weight is 284 g/mol. The van der Waals surface area contributed by atoms with Crippen LogP contribution in [0.1, 0.15) is 39.0 Å². The van der Waals surface area contributed by atoms with E-state index in [0.717, 1.165) is 19.3 Å². The highest BCUT2D eigenvalue weighted by atomic mass is 16.5. The first-order valence-electron chi connectivity index (χ1n) is 7.70. The second-order valence-electron chi connectivity index (χ2n) is 6.80. The molecule has 0 bridgehead atoms. The van der Waals surface area contributed by atoms with Gasteiger partial charge in [-0.3, -0.25) is 4.79 Å². The summed E-state index contributed by atoms with van der Waals surface area (Å²) in [5.41, 5.74) is 5.24. The standard InChI is InChI=1S/C15H28N2O3/c1-11-7-12(9-13(16)8-11)14(18)17(2)10-15(19)3-5-20-6-4-15/h11-13,19H,3-10,16H2,1-2H3. The lowest BCUT2D eigenvalue weighted by Crippen LogP contribution is -2.49. The lowest BCUT2D eigenvalue weighted by atomic mass is 9.79. The number of likely N-dealkylation sites (N-methyl/N-ethyl adjacent to an activating group) is 1. The molecule has 3 N–H and O–H groups in total. The number of amides is 1. The fourth-order valence-corrected chi connectivity index (χ4v) is 3.60. The molecule has 2 aliphatic rings.